The Bertz CT molecular complexity index is 580. The van der Waals surface area contributed by atoms with Gasteiger partial charge in [0.15, 0.2) is 11.5 Å². The SMILES string of the molecule is CCOc1nn(-c2ccccc2)c(N)c1NC(=O)O. The van der Waals surface area contributed by atoms with Gasteiger partial charge in [-0.05, 0) is 19.1 Å². The molecule has 0 saturated carbocycles. The molecule has 0 aliphatic carbocycles. The number of carbonyl (C=O) groups is 1. The molecule has 4 N–H and O–H groups in total. The number of hydrogen-bond donors (Lipinski definition) is 3. The molecule has 0 fully saturated rings. The van der Waals surface area contributed by atoms with E-state index in [0.29, 0.717) is 6.61 Å². The van der Waals surface area contributed by atoms with Gasteiger partial charge >= 0.3 is 6.09 Å². The minimum absolute atomic E-state index is 0.151. The summed E-state index contributed by atoms with van der Waals surface area (Å²) in [6.07, 6.45) is -1.22. The molecule has 0 saturated heterocycles. The zero-order valence-electron chi connectivity index (χ0n) is 10.3. The van der Waals surface area contributed by atoms with Crippen molar-refractivity contribution < 1.29 is 14.6 Å². The highest BCUT2D eigenvalue weighted by Crippen LogP contribution is 2.32. The van der Waals surface area contributed by atoms with Crippen LogP contribution in [0.4, 0.5) is 16.3 Å². The molecule has 1 heterocycles. The summed E-state index contributed by atoms with van der Waals surface area (Å²) in [5, 5.41) is 15.2. The minimum Gasteiger partial charge on any atom is -0.475 e. The van der Waals surface area contributed by atoms with E-state index in [0.717, 1.165) is 5.69 Å². The summed E-state index contributed by atoms with van der Waals surface area (Å²) < 4.78 is 6.71. The normalized spacial score (nSPS) is 10.2. The highest BCUT2D eigenvalue weighted by molar-refractivity contribution is 5.89. The number of anilines is 2. The van der Waals surface area contributed by atoms with Crippen LogP contribution in [0.3, 0.4) is 0 Å². The van der Waals surface area contributed by atoms with Gasteiger partial charge < -0.3 is 15.6 Å². The summed E-state index contributed by atoms with van der Waals surface area (Å²) in [5.74, 6) is 0.336. The first kappa shape index (κ1) is 12.7. The first-order chi connectivity index (χ1) is 9.13. The summed E-state index contributed by atoms with van der Waals surface area (Å²) in [6, 6.07) is 9.15. The number of ether oxygens (including phenoxy) is 1. The summed E-state index contributed by atoms with van der Waals surface area (Å²) in [4.78, 5) is 10.8. The van der Waals surface area contributed by atoms with E-state index in [2.05, 4.69) is 10.4 Å². The van der Waals surface area contributed by atoms with Gasteiger partial charge in [0.25, 0.3) is 5.88 Å². The molecule has 1 aromatic carbocycles. The number of nitrogens with zero attached hydrogens (tertiary/aromatic N) is 2. The van der Waals surface area contributed by atoms with Crippen LogP contribution in [0.2, 0.25) is 0 Å². The van der Waals surface area contributed by atoms with Crippen LogP contribution in [0, 0.1) is 0 Å². The number of nitrogen functional groups attached to an aromatic ring is 1. The lowest BCUT2D eigenvalue weighted by Crippen LogP contribution is -2.10. The molecule has 7 nitrogen and oxygen atoms in total. The fourth-order valence-corrected chi connectivity index (χ4v) is 1.64. The maximum absolute atomic E-state index is 10.8. The van der Waals surface area contributed by atoms with Crippen molar-refractivity contribution in [2.45, 2.75) is 6.92 Å². The molecule has 0 aliphatic heterocycles. The molecule has 2 rings (SSSR count). The van der Waals surface area contributed by atoms with Crippen LogP contribution < -0.4 is 15.8 Å². The van der Waals surface area contributed by atoms with Crippen molar-refractivity contribution in [1.82, 2.24) is 9.78 Å². The van der Waals surface area contributed by atoms with Crippen molar-refractivity contribution in [2.75, 3.05) is 17.7 Å². The predicted octanol–water partition coefficient (Wildman–Crippen LogP) is 1.94. The highest BCUT2D eigenvalue weighted by atomic mass is 16.5. The Balaban J connectivity index is 2.49. The van der Waals surface area contributed by atoms with Gasteiger partial charge in [-0.2, -0.15) is 0 Å². The number of rotatable bonds is 4. The lowest BCUT2D eigenvalue weighted by Gasteiger charge is -2.04. The van der Waals surface area contributed by atoms with Crippen LogP contribution in [0.1, 0.15) is 6.92 Å². The largest absolute Gasteiger partial charge is 0.475 e. The van der Waals surface area contributed by atoms with Gasteiger partial charge in [0.05, 0.1) is 12.3 Å². The van der Waals surface area contributed by atoms with Crippen molar-refractivity contribution >= 4 is 17.6 Å². The molecule has 0 atom stereocenters. The molecule has 7 heteroatoms. The maximum Gasteiger partial charge on any atom is 0.409 e. The molecule has 0 spiro atoms. The fourth-order valence-electron chi connectivity index (χ4n) is 1.64. The summed E-state index contributed by atoms with van der Waals surface area (Å²) in [6.45, 7) is 2.14. The second-order valence-electron chi connectivity index (χ2n) is 3.68. The third-order valence-corrected chi connectivity index (χ3v) is 2.40. The Labute approximate surface area is 109 Å². The van der Waals surface area contributed by atoms with Gasteiger partial charge in [0.1, 0.15) is 0 Å². The Hall–Kier alpha value is -2.70. The number of carboxylic acid groups (broad SMARTS) is 1. The third-order valence-electron chi connectivity index (χ3n) is 2.40. The number of amides is 1. The van der Waals surface area contributed by atoms with Gasteiger partial charge in [-0.1, -0.05) is 18.2 Å². The number of para-hydroxylation sites is 1. The van der Waals surface area contributed by atoms with E-state index >= 15 is 0 Å². The van der Waals surface area contributed by atoms with Crippen LogP contribution >= 0.6 is 0 Å². The van der Waals surface area contributed by atoms with Crippen LogP contribution in [0.15, 0.2) is 30.3 Å². The van der Waals surface area contributed by atoms with Gasteiger partial charge in [-0.15, -0.1) is 5.10 Å². The highest BCUT2D eigenvalue weighted by Gasteiger charge is 2.19. The third kappa shape index (κ3) is 2.59. The smallest absolute Gasteiger partial charge is 0.409 e. The van der Waals surface area contributed by atoms with Gasteiger partial charge in [-0.3, -0.25) is 5.32 Å². The van der Waals surface area contributed by atoms with E-state index in [-0.39, 0.29) is 17.4 Å². The predicted molar refractivity (Wildman–Crippen MR) is 70.8 cm³/mol. The van der Waals surface area contributed by atoms with Crippen molar-refractivity contribution in [2.24, 2.45) is 0 Å². The zero-order chi connectivity index (χ0) is 13.8. The van der Waals surface area contributed by atoms with E-state index in [1.165, 1.54) is 4.68 Å². The molecule has 0 radical (unpaired) electrons. The fraction of sp³-hybridized carbons (Fsp3) is 0.167. The van der Waals surface area contributed by atoms with Crippen molar-refractivity contribution in [1.29, 1.82) is 0 Å². The van der Waals surface area contributed by atoms with E-state index in [1.54, 1.807) is 6.92 Å². The number of benzene rings is 1. The molecule has 0 bridgehead atoms. The molecular formula is C12H14N4O3. The van der Waals surface area contributed by atoms with Gasteiger partial charge in [0.2, 0.25) is 0 Å². The lowest BCUT2D eigenvalue weighted by molar-refractivity contribution is 0.209. The average Bonchev–Trinajstić information content (AvgIpc) is 2.69. The van der Waals surface area contributed by atoms with Gasteiger partial charge in [0, 0.05) is 0 Å². The first-order valence-electron chi connectivity index (χ1n) is 5.70. The van der Waals surface area contributed by atoms with Crippen LogP contribution in [0.25, 0.3) is 5.69 Å². The van der Waals surface area contributed by atoms with Crippen molar-refractivity contribution in [3.8, 4) is 11.6 Å². The summed E-state index contributed by atoms with van der Waals surface area (Å²) >= 11 is 0. The number of aromatic nitrogens is 2. The van der Waals surface area contributed by atoms with Gasteiger partial charge in [-0.25, -0.2) is 9.48 Å². The quantitative estimate of drug-likeness (QED) is 0.781. The molecule has 2 aromatic rings. The van der Waals surface area contributed by atoms with E-state index in [1.807, 2.05) is 30.3 Å². The van der Waals surface area contributed by atoms with Crippen molar-refractivity contribution in [3.63, 3.8) is 0 Å². The lowest BCUT2D eigenvalue weighted by atomic mass is 10.3. The van der Waals surface area contributed by atoms with Crippen LogP contribution in [-0.4, -0.2) is 27.6 Å². The molecule has 1 amide bonds. The average molecular weight is 262 g/mol. The Morgan fingerprint density at radius 2 is 2.16 bits per heavy atom. The minimum atomic E-state index is -1.22. The van der Waals surface area contributed by atoms with Crippen LogP contribution in [0.5, 0.6) is 5.88 Å². The molecule has 0 unspecified atom stereocenters. The maximum atomic E-state index is 10.8. The molecule has 100 valence electrons. The number of nitrogens with one attached hydrogen (secondary N) is 1. The Morgan fingerprint density at radius 1 is 1.47 bits per heavy atom. The summed E-state index contributed by atoms with van der Waals surface area (Å²) in [5.41, 5.74) is 6.78. The monoisotopic (exact) mass is 262 g/mol. The number of hydrogen-bond acceptors (Lipinski definition) is 4. The molecule has 1 aromatic heterocycles. The summed E-state index contributed by atoms with van der Waals surface area (Å²) in [7, 11) is 0. The first-order valence-corrected chi connectivity index (χ1v) is 5.70. The van der Waals surface area contributed by atoms with E-state index < -0.39 is 6.09 Å². The molecule has 19 heavy (non-hydrogen) atoms. The second-order valence-corrected chi connectivity index (χ2v) is 3.68. The topological polar surface area (TPSA) is 102 Å². The Kier molecular flexibility index (Phi) is 3.56. The zero-order valence-corrected chi connectivity index (χ0v) is 10.3. The Morgan fingerprint density at radius 3 is 2.74 bits per heavy atom. The van der Waals surface area contributed by atoms with E-state index in [4.69, 9.17) is 15.6 Å². The standard InChI is InChI=1S/C12H14N4O3/c1-2-19-11-9(14-12(17)18)10(13)16(15-11)8-6-4-3-5-7-8/h3-7,14H,2,13H2,1H3,(H,17,18). The van der Waals surface area contributed by atoms with Crippen molar-refractivity contribution in [3.05, 3.63) is 30.3 Å². The molecular weight excluding hydrogens is 248 g/mol. The van der Waals surface area contributed by atoms with Crippen LogP contribution in [-0.2, 0) is 0 Å². The second kappa shape index (κ2) is 5.30. The van der Waals surface area contributed by atoms with E-state index in [9.17, 15) is 4.79 Å². The number of nitrogens with two attached hydrogens (primary N) is 1. The molecule has 0 aliphatic rings.